The van der Waals surface area contributed by atoms with E-state index in [4.69, 9.17) is 4.74 Å². The van der Waals surface area contributed by atoms with E-state index >= 15 is 0 Å². The van der Waals surface area contributed by atoms with Crippen LogP contribution in [0.4, 0.5) is 4.39 Å². The summed E-state index contributed by atoms with van der Waals surface area (Å²) in [4.78, 5) is 27.4. The van der Waals surface area contributed by atoms with Crippen molar-refractivity contribution in [3.63, 3.8) is 0 Å². The monoisotopic (exact) mass is 368 g/mol. The summed E-state index contributed by atoms with van der Waals surface area (Å²) in [7, 11) is 0. The number of carbonyl (C=O) groups is 2. The predicted molar refractivity (Wildman–Crippen MR) is 97.4 cm³/mol. The van der Waals surface area contributed by atoms with Crippen LogP contribution in [-0.4, -0.2) is 36.0 Å². The molecule has 2 aliphatic rings. The molecule has 2 aromatic rings. The number of benzene rings is 2. The van der Waals surface area contributed by atoms with Crippen LogP contribution in [-0.2, 0) is 16.1 Å². The van der Waals surface area contributed by atoms with Crippen LogP contribution in [0.2, 0.25) is 0 Å². The molecule has 0 spiro atoms. The first-order valence-corrected chi connectivity index (χ1v) is 9.17. The third kappa shape index (κ3) is 3.57. The lowest BCUT2D eigenvalue weighted by Crippen LogP contribution is -2.41. The second kappa shape index (κ2) is 7.48. The number of nitrogens with zero attached hydrogens (tertiary/aromatic N) is 1. The minimum Gasteiger partial charge on any atom is -0.376 e. The molecule has 0 aromatic heterocycles. The molecule has 4 rings (SSSR count). The number of hydrogen-bond acceptors (Lipinski definition) is 3. The molecular formula is C21H21FN2O3. The van der Waals surface area contributed by atoms with Gasteiger partial charge in [0.05, 0.1) is 6.10 Å². The smallest absolute Gasteiger partial charge is 0.255 e. The van der Waals surface area contributed by atoms with Crippen molar-refractivity contribution in [2.45, 2.75) is 31.5 Å². The van der Waals surface area contributed by atoms with E-state index in [2.05, 4.69) is 5.32 Å². The Morgan fingerprint density at radius 1 is 1.19 bits per heavy atom. The molecule has 1 saturated heterocycles. The van der Waals surface area contributed by atoms with E-state index in [9.17, 15) is 14.0 Å². The minimum atomic E-state index is -0.694. The van der Waals surface area contributed by atoms with Crippen LogP contribution in [0.15, 0.2) is 48.5 Å². The third-order valence-electron chi connectivity index (χ3n) is 5.10. The van der Waals surface area contributed by atoms with Gasteiger partial charge in [0.15, 0.2) is 0 Å². The van der Waals surface area contributed by atoms with Gasteiger partial charge in [0, 0.05) is 25.3 Å². The van der Waals surface area contributed by atoms with Gasteiger partial charge in [0.2, 0.25) is 5.91 Å². The van der Waals surface area contributed by atoms with E-state index in [1.807, 2.05) is 12.1 Å². The maximum atomic E-state index is 13.2. The number of carbonyl (C=O) groups excluding carboxylic acids is 2. The maximum absolute atomic E-state index is 13.2. The first kappa shape index (κ1) is 17.7. The molecule has 2 atom stereocenters. The normalized spacial score (nSPS) is 21.4. The molecule has 2 amide bonds. The molecule has 27 heavy (non-hydrogen) atoms. The van der Waals surface area contributed by atoms with Crippen molar-refractivity contribution in [1.29, 1.82) is 0 Å². The quantitative estimate of drug-likeness (QED) is 0.883. The highest BCUT2D eigenvalue weighted by Crippen LogP contribution is 2.35. The largest absolute Gasteiger partial charge is 0.376 e. The Morgan fingerprint density at radius 2 is 1.96 bits per heavy atom. The van der Waals surface area contributed by atoms with Gasteiger partial charge in [-0.25, -0.2) is 4.39 Å². The average molecular weight is 368 g/mol. The molecule has 2 aliphatic heterocycles. The summed E-state index contributed by atoms with van der Waals surface area (Å²) in [5.74, 6) is -0.737. The fourth-order valence-electron chi connectivity index (χ4n) is 3.72. The number of hydrogen-bond donors (Lipinski definition) is 1. The van der Waals surface area contributed by atoms with Crippen molar-refractivity contribution in [3.8, 4) is 0 Å². The molecule has 5 nitrogen and oxygen atoms in total. The molecule has 2 heterocycles. The van der Waals surface area contributed by atoms with Crippen molar-refractivity contribution < 1.29 is 18.7 Å². The van der Waals surface area contributed by atoms with E-state index in [-0.39, 0.29) is 30.3 Å². The summed E-state index contributed by atoms with van der Waals surface area (Å²) >= 11 is 0. The first-order valence-electron chi connectivity index (χ1n) is 9.17. The van der Waals surface area contributed by atoms with Crippen LogP contribution >= 0.6 is 0 Å². The molecule has 2 unspecified atom stereocenters. The summed E-state index contributed by atoms with van der Waals surface area (Å²) in [6.45, 7) is 1.41. The average Bonchev–Trinajstić information content (AvgIpc) is 3.29. The zero-order valence-electron chi connectivity index (χ0n) is 14.9. The Labute approximate surface area is 157 Å². The summed E-state index contributed by atoms with van der Waals surface area (Å²) in [5, 5.41) is 2.94. The van der Waals surface area contributed by atoms with Crippen LogP contribution in [0.25, 0.3) is 0 Å². The van der Waals surface area contributed by atoms with Gasteiger partial charge in [0.25, 0.3) is 5.91 Å². The van der Waals surface area contributed by atoms with Gasteiger partial charge in [-0.3, -0.25) is 9.59 Å². The molecule has 1 N–H and O–H groups in total. The molecule has 6 heteroatoms. The molecule has 2 aromatic carbocycles. The van der Waals surface area contributed by atoms with E-state index in [0.717, 1.165) is 25.0 Å². The lowest BCUT2D eigenvalue weighted by molar-refractivity contribution is -0.126. The molecular weight excluding hydrogens is 347 g/mol. The second-order valence-corrected chi connectivity index (χ2v) is 6.93. The van der Waals surface area contributed by atoms with E-state index < -0.39 is 6.04 Å². The Hall–Kier alpha value is -2.73. The Balaban J connectivity index is 1.56. The van der Waals surface area contributed by atoms with Crippen LogP contribution in [0.1, 0.15) is 40.4 Å². The Kier molecular flexibility index (Phi) is 4.90. The molecule has 0 saturated carbocycles. The number of amides is 2. The molecule has 1 fully saturated rings. The van der Waals surface area contributed by atoms with Gasteiger partial charge in [0.1, 0.15) is 11.9 Å². The Morgan fingerprint density at radius 3 is 2.70 bits per heavy atom. The molecule has 0 aliphatic carbocycles. The number of rotatable bonds is 5. The topological polar surface area (TPSA) is 58.6 Å². The summed E-state index contributed by atoms with van der Waals surface area (Å²) in [6.07, 6.45) is 1.97. The van der Waals surface area contributed by atoms with Crippen molar-refractivity contribution in [2.75, 3.05) is 13.2 Å². The van der Waals surface area contributed by atoms with Crippen molar-refractivity contribution in [2.24, 2.45) is 0 Å². The molecule has 140 valence electrons. The highest BCUT2D eigenvalue weighted by atomic mass is 19.1. The van der Waals surface area contributed by atoms with Crippen molar-refractivity contribution in [1.82, 2.24) is 10.2 Å². The highest BCUT2D eigenvalue weighted by Gasteiger charge is 2.40. The SMILES string of the molecule is O=C(NCC1CCCO1)C1c2ccccc2C(=O)N1Cc1ccc(F)cc1. The van der Waals surface area contributed by atoms with Gasteiger partial charge in [-0.05, 0) is 42.2 Å². The lowest BCUT2D eigenvalue weighted by Gasteiger charge is -2.25. The van der Waals surface area contributed by atoms with E-state index in [1.54, 1.807) is 29.2 Å². The van der Waals surface area contributed by atoms with Crippen LogP contribution < -0.4 is 5.32 Å². The van der Waals surface area contributed by atoms with Crippen LogP contribution in [0.5, 0.6) is 0 Å². The van der Waals surface area contributed by atoms with Gasteiger partial charge >= 0.3 is 0 Å². The zero-order chi connectivity index (χ0) is 18.8. The van der Waals surface area contributed by atoms with Gasteiger partial charge < -0.3 is 15.0 Å². The van der Waals surface area contributed by atoms with Crippen molar-refractivity contribution in [3.05, 3.63) is 71.0 Å². The van der Waals surface area contributed by atoms with Gasteiger partial charge in [-0.2, -0.15) is 0 Å². The first-order chi connectivity index (χ1) is 13.1. The van der Waals surface area contributed by atoms with Crippen LogP contribution in [0.3, 0.4) is 0 Å². The lowest BCUT2D eigenvalue weighted by atomic mass is 10.0. The number of ether oxygens (including phenoxy) is 1. The Bertz CT molecular complexity index is 847. The second-order valence-electron chi connectivity index (χ2n) is 6.93. The van der Waals surface area contributed by atoms with E-state index in [1.165, 1.54) is 12.1 Å². The fourth-order valence-corrected chi connectivity index (χ4v) is 3.72. The van der Waals surface area contributed by atoms with Gasteiger partial charge in [-0.15, -0.1) is 0 Å². The fraction of sp³-hybridized carbons (Fsp3) is 0.333. The zero-order valence-corrected chi connectivity index (χ0v) is 14.9. The highest BCUT2D eigenvalue weighted by molar-refractivity contribution is 6.04. The number of halogens is 1. The molecule has 0 radical (unpaired) electrons. The van der Waals surface area contributed by atoms with Crippen LogP contribution in [0, 0.1) is 5.82 Å². The summed E-state index contributed by atoms with van der Waals surface area (Å²) < 4.78 is 18.7. The number of fused-ring (bicyclic) bond motifs is 1. The molecule has 0 bridgehead atoms. The maximum Gasteiger partial charge on any atom is 0.255 e. The minimum absolute atomic E-state index is 0.0341. The standard InChI is InChI=1S/C21H21FN2O3/c22-15-9-7-14(8-10-15)13-24-19(17-5-1-2-6-18(17)21(24)26)20(25)23-12-16-4-3-11-27-16/h1-2,5-10,16,19H,3-4,11-13H2,(H,23,25). The van der Waals surface area contributed by atoms with E-state index in [0.29, 0.717) is 17.7 Å². The summed E-state index contributed by atoms with van der Waals surface area (Å²) in [5.41, 5.74) is 2.01. The summed E-state index contributed by atoms with van der Waals surface area (Å²) in [6, 6.07) is 12.5. The van der Waals surface area contributed by atoms with Gasteiger partial charge in [-0.1, -0.05) is 30.3 Å². The number of nitrogens with one attached hydrogen (secondary N) is 1. The predicted octanol–water partition coefficient (Wildman–Crippen LogP) is 2.82. The van der Waals surface area contributed by atoms with Crippen molar-refractivity contribution >= 4 is 11.8 Å². The third-order valence-corrected chi connectivity index (χ3v) is 5.10.